The van der Waals surface area contributed by atoms with E-state index in [1.807, 2.05) is 6.07 Å². The second-order valence-corrected chi connectivity index (χ2v) is 7.39. The molecule has 8 nitrogen and oxygen atoms in total. The molecule has 2 aromatic rings. The number of para-hydroxylation sites is 1. The van der Waals surface area contributed by atoms with E-state index in [2.05, 4.69) is 10.0 Å². The molecular formula is C17H16N2O6S. The van der Waals surface area contributed by atoms with Crippen molar-refractivity contribution in [1.29, 1.82) is 0 Å². The summed E-state index contributed by atoms with van der Waals surface area (Å²) >= 11 is 0. The summed E-state index contributed by atoms with van der Waals surface area (Å²) in [6.07, 6.45) is 1.44. The zero-order valence-corrected chi connectivity index (χ0v) is 14.6. The highest BCUT2D eigenvalue weighted by Crippen LogP contribution is 2.38. The van der Waals surface area contributed by atoms with Crippen molar-refractivity contribution >= 4 is 27.9 Å². The number of ether oxygens (including phenoxy) is 2. The van der Waals surface area contributed by atoms with Gasteiger partial charge in [-0.25, -0.2) is 8.42 Å². The third-order valence-corrected chi connectivity index (χ3v) is 4.20. The lowest BCUT2D eigenvalue weighted by Crippen LogP contribution is -2.43. The monoisotopic (exact) mass is 376 g/mol. The van der Waals surface area contributed by atoms with Crippen LogP contribution in [0, 0.1) is 0 Å². The van der Waals surface area contributed by atoms with E-state index in [9.17, 15) is 18.0 Å². The molecule has 1 heterocycles. The number of sulfonamides is 1. The molecule has 0 radical (unpaired) electrons. The molecule has 0 aliphatic carbocycles. The molecule has 0 fully saturated rings. The number of anilines is 1. The first-order valence-electron chi connectivity index (χ1n) is 7.63. The first kappa shape index (κ1) is 17.7. The second kappa shape index (κ2) is 7.04. The van der Waals surface area contributed by atoms with Crippen molar-refractivity contribution in [1.82, 2.24) is 5.32 Å². The number of ketones is 1. The molecule has 26 heavy (non-hydrogen) atoms. The van der Waals surface area contributed by atoms with Gasteiger partial charge in [-0.05, 0) is 18.2 Å². The minimum absolute atomic E-state index is 0.0399. The number of carbonyl (C=O) groups is 2. The van der Waals surface area contributed by atoms with E-state index in [4.69, 9.17) is 9.47 Å². The van der Waals surface area contributed by atoms with Gasteiger partial charge in [0.05, 0.1) is 17.5 Å². The van der Waals surface area contributed by atoms with Crippen LogP contribution in [0.4, 0.5) is 5.69 Å². The fourth-order valence-electron chi connectivity index (χ4n) is 2.49. The maximum Gasteiger partial charge on any atom is 0.229 e. The predicted molar refractivity (Wildman–Crippen MR) is 94.2 cm³/mol. The average molecular weight is 376 g/mol. The van der Waals surface area contributed by atoms with Gasteiger partial charge in [-0.1, -0.05) is 18.2 Å². The third-order valence-electron chi connectivity index (χ3n) is 3.60. The maximum atomic E-state index is 12.5. The predicted octanol–water partition coefficient (Wildman–Crippen LogP) is 1.54. The Hall–Kier alpha value is -3.07. The Balaban J connectivity index is 2.05. The lowest BCUT2D eigenvalue weighted by atomic mass is 10.00. The number of amides is 1. The van der Waals surface area contributed by atoms with Crippen molar-refractivity contribution in [2.75, 3.05) is 17.6 Å². The Labute approximate surface area is 150 Å². The van der Waals surface area contributed by atoms with E-state index < -0.39 is 16.1 Å². The van der Waals surface area contributed by atoms with Gasteiger partial charge in [0.25, 0.3) is 0 Å². The van der Waals surface area contributed by atoms with Crippen molar-refractivity contribution < 1.29 is 27.5 Å². The Morgan fingerprint density at radius 1 is 1.23 bits per heavy atom. The molecular weight excluding hydrogens is 360 g/mol. The van der Waals surface area contributed by atoms with Crippen LogP contribution in [-0.4, -0.2) is 39.5 Å². The normalized spacial score (nSPS) is 16.2. The highest BCUT2D eigenvalue weighted by atomic mass is 32.2. The van der Waals surface area contributed by atoms with Crippen molar-refractivity contribution in [2.45, 2.75) is 6.04 Å². The largest absolute Gasteiger partial charge is 0.490 e. The van der Waals surface area contributed by atoms with E-state index in [0.29, 0.717) is 12.2 Å². The summed E-state index contributed by atoms with van der Waals surface area (Å²) in [4.78, 5) is 23.1. The average Bonchev–Trinajstić information content (AvgIpc) is 2.58. The molecule has 0 saturated carbocycles. The second-order valence-electron chi connectivity index (χ2n) is 5.65. The number of nitrogens with one attached hydrogen (secondary N) is 2. The van der Waals surface area contributed by atoms with Crippen LogP contribution in [0.5, 0.6) is 17.2 Å². The number of rotatable bonds is 6. The summed E-state index contributed by atoms with van der Waals surface area (Å²) in [5.41, 5.74) is 0.338. The first-order chi connectivity index (χ1) is 12.4. The lowest BCUT2D eigenvalue weighted by molar-refractivity contribution is -0.110. The molecule has 2 aromatic carbocycles. The maximum absolute atomic E-state index is 12.5. The number of benzene rings is 2. The summed E-state index contributed by atoms with van der Waals surface area (Å²) in [5, 5.41) is 2.39. The molecule has 2 N–H and O–H groups in total. The zero-order chi connectivity index (χ0) is 18.7. The van der Waals surface area contributed by atoms with Gasteiger partial charge in [0.15, 0.2) is 11.5 Å². The fraction of sp³-hybridized carbons (Fsp3) is 0.176. The third kappa shape index (κ3) is 3.94. The molecule has 9 heteroatoms. The van der Waals surface area contributed by atoms with Crippen LogP contribution in [0.25, 0.3) is 0 Å². The van der Waals surface area contributed by atoms with Gasteiger partial charge < -0.3 is 14.8 Å². The standard InChI is InChI=1S/C17H16N2O6S/c1-26(22,23)19-13-8-15-12(17(21)14(9-24-15)18-10-20)7-16(13)25-11-5-3-2-4-6-11/h2-8,10,14,19H,9H2,1H3,(H,18,20)/t14-/m0/s1. The van der Waals surface area contributed by atoms with Crippen LogP contribution in [0.2, 0.25) is 0 Å². The first-order valence-corrected chi connectivity index (χ1v) is 9.52. The van der Waals surface area contributed by atoms with Crippen molar-refractivity contribution in [3.63, 3.8) is 0 Å². The van der Waals surface area contributed by atoms with Crippen molar-refractivity contribution in [3.05, 3.63) is 48.0 Å². The van der Waals surface area contributed by atoms with Gasteiger partial charge in [0, 0.05) is 6.07 Å². The highest BCUT2D eigenvalue weighted by molar-refractivity contribution is 7.92. The summed E-state index contributed by atoms with van der Waals surface area (Å²) in [7, 11) is -3.58. The van der Waals surface area contributed by atoms with E-state index in [1.54, 1.807) is 24.3 Å². The number of fused-ring (bicyclic) bond motifs is 1. The van der Waals surface area contributed by atoms with Crippen LogP contribution in [0.15, 0.2) is 42.5 Å². The van der Waals surface area contributed by atoms with Crippen LogP contribution >= 0.6 is 0 Å². The topological polar surface area (TPSA) is 111 Å². The summed E-state index contributed by atoms with van der Waals surface area (Å²) in [6, 6.07) is 10.7. The molecule has 0 spiro atoms. The van der Waals surface area contributed by atoms with Gasteiger partial charge in [-0.15, -0.1) is 0 Å². The summed E-state index contributed by atoms with van der Waals surface area (Å²) in [5.74, 6) is 0.479. The van der Waals surface area contributed by atoms with Gasteiger partial charge in [0.2, 0.25) is 16.4 Å². The SMILES string of the molecule is CS(=O)(=O)Nc1cc2c(cc1Oc1ccccc1)C(=O)[C@@H](NC=O)CO2. The number of hydrogen-bond acceptors (Lipinski definition) is 6. The Morgan fingerprint density at radius 3 is 2.62 bits per heavy atom. The number of carbonyl (C=O) groups excluding carboxylic acids is 2. The van der Waals surface area contributed by atoms with Crippen molar-refractivity contribution in [2.24, 2.45) is 0 Å². The lowest BCUT2D eigenvalue weighted by Gasteiger charge is -2.25. The van der Waals surface area contributed by atoms with E-state index in [-0.39, 0.29) is 35.1 Å². The zero-order valence-electron chi connectivity index (χ0n) is 13.8. The Kier molecular flexibility index (Phi) is 4.81. The minimum atomic E-state index is -3.58. The fourth-order valence-corrected chi connectivity index (χ4v) is 3.05. The molecule has 1 aliphatic rings. The van der Waals surface area contributed by atoms with Crippen LogP contribution in [-0.2, 0) is 14.8 Å². The molecule has 0 aromatic heterocycles. The van der Waals surface area contributed by atoms with Gasteiger partial charge in [-0.3, -0.25) is 14.3 Å². The smallest absolute Gasteiger partial charge is 0.229 e. The van der Waals surface area contributed by atoms with Gasteiger partial charge in [-0.2, -0.15) is 0 Å². The molecule has 1 atom stereocenters. The van der Waals surface area contributed by atoms with Crippen LogP contribution in [0.1, 0.15) is 10.4 Å². The number of Topliss-reactive ketones (excluding diaryl/α,β-unsaturated/α-hetero) is 1. The molecule has 1 amide bonds. The van der Waals surface area contributed by atoms with Gasteiger partial charge >= 0.3 is 0 Å². The highest BCUT2D eigenvalue weighted by Gasteiger charge is 2.30. The quantitative estimate of drug-likeness (QED) is 0.740. The van der Waals surface area contributed by atoms with Crippen molar-refractivity contribution in [3.8, 4) is 17.2 Å². The summed E-state index contributed by atoms with van der Waals surface area (Å²) in [6.45, 7) is -0.0399. The van der Waals surface area contributed by atoms with Crippen LogP contribution < -0.4 is 19.5 Å². The number of hydrogen-bond donors (Lipinski definition) is 2. The van der Waals surface area contributed by atoms with E-state index >= 15 is 0 Å². The summed E-state index contributed by atoms with van der Waals surface area (Å²) < 4.78 is 36.9. The van der Waals surface area contributed by atoms with Crippen LogP contribution in [0.3, 0.4) is 0 Å². The molecule has 3 rings (SSSR count). The Bertz CT molecular complexity index is 943. The molecule has 1 aliphatic heterocycles. The molecule has 0 bridgehead atoms. The molecule has 0 saturated heterocycles. The minimum Gasteiger partial charge on any atom is -0.490 e. The molecule has 136 valence electrons. The van der Waals surface area contributed by atoms with E-state index in [1.165, 1.54) is 12.1 Å². The van der Waals surface area contributed by atoms with Gasteiger partial charge in [0.1, 0.15) is 24.1 Å². The van der Waals surface area contributed by atoms with E-state index in [0.717, 1.165) is 6.26 Å². The Morgan fingerprint density at radius 2 is 1.96 bits per heavy atom. The molecule has 0 unspecified atom stereocenters.